The molecule has 2 aromatic carbocycles. The van der Waals surface area contributed by atoms with E-state index in [0.717, 1.165) is 39.5 Å². The molecule has 1 aliphatic carbocycles. The minimum atomic E-state index is 0.434. The van der Waals surface area contributed by atoms with Gasteiger partial charge in [-0.15, -0.1) is 0 Å². The van der Waals surface area contributed by atoms with E-state index in [9.17, 15) is 0 Å². The van der Waals surface area contributed by atoms with Gasteiger partial charge >= 0.3 is 0 Å². The summed E-state index contributed by atoms with van der Waals surface area (Å²) in [5.41, 5.74) is 10.7. The molecule has 2 aliphatic rings. The van der Waals surface area contributed by atoms with E-state index < -0.39 is 0 Å². The fourth-order valence-corrected chi connectivity index (χ4v) is 6.68. The minimum Gasteiger partial charge on any atom is -0.489 e. The largest absolute Gasteiger partial charge is 0.489 e. The van der Waals surface area contributed by atoms with Crippen molar-refractivity contribution in [2.24, 2.45) is 0 Å². The highest BCUT2D eigenvalue weighted by Crippen LogP contribution is 2.39. The van der Waals surface area contributed by atoms with Crippen molar-refractivity contribution < 1.29 is 4.74 Å². The lowest BCUT2D eigenvalue weighted by Crippen LogP contribution is -2.43. The molecule has 4 aromatic rings. The average molecular weight is 500 g/mol. The summed E-state index contributed by atoms with van der Waals surface area (Å²) in [5.74, 6) is 3.92. The van der Waals surface area contributed by atoms with Gasteiger partial charge in [0.05, 0.1) is 5.39 Å². The van der Waals surface area contributed by atoms with Gasteiger partial charge in [-0.3, -0.25) is 4.90 Å². The zero-order chi connectivity index (χ0) is 24.3. The molecule has 186 valence electrons. The number of fused-ring (bicyclic) bond motifs is 1. The van der Waals surface area contributed by atoms with Gasteiger partial charge in [0.15, 0.2) is 0 Å². The SMILES string of the molecule is Nc1ncnc2c1c(-c1cccc(OCc3ccccc3)c1)cn2C1CCC(N2CCSCC2)CC1. The Labute approximate surface area is 216 Å². The van der Waals surface area contributed by atoms with E-state index in [0.29, 0.717) is 18.5 Å². The van der Waals surface area contributed by atoms with Crippen molar-refractivity contribution in [2.45, 2.75) is 44.4 Å². The molecule has 0 radical (unpaired) electrons. The molecule has 3 heterocycles. The fraction of sp³-hybridized carbons (Fsp3) is 0.379. The highest BCUT2D eigenvalue weighted by atomic mass is 32.2. The molecule has 1 aliphatic heterocycles. The maximum absolute atomic E-state index is 6.43. The van der Waals surface area contributed by atoms with Gasteiger partial charge in [-0.1, -0.05) is 42.5 Å². The standard InChI is InChI=1S/C29H33N5OS/c30-28-27-26(22-7-4-8-25(17-22)35-19-21-5-2-1-3-6-21)18-34(29(27)32-20-31-28)24-11-9-23(10-12-24)33-13-15-36-16-14-33/h1-8,17-18,20,23-24H,9-16,19H2,(H2,30,31,32). The first-order valence-corrected chi connectivity index (χ1v) is 14.1. The van der Waals surface area contributed by atoms with Crippen molar-refractivity contribution in [3.63, 3.8) is 0 Å². The van der Waals surface area contributed by atoms with E-state index in [1.807, 2.05) is 30.3 Å². The third kappa shape index (κ3) is 4.82. The van der Waals surface area contributed by atoms with Crippen LogP contribution in [-0.4, -0.2) is 50.1 Å². The molecule has 6 rings (SSSR count). The molecule has 1 saturated carbocycles. The Morgan fingerprint density at radius 2 is 1.69 bits per heavy atom. The van der Waals surface area contributed by atoms with E-state index in [1.54, 1.807) is 6.33 Å². The molecule has 0 amide bonds. The van der Waals surface area contributed by atoms with Gasteiger partial charge in [0.1, 0.15) is 30.1 Å². The van der Waals surface area contributed by atoms with Crippen LogP contribution in [0.5, 0.6) is 5.75 Å². The van der Waals surface area contributed by atoms with Crippen LogP contribution in [0, 0.1) is 0 Å². The number of rotatable bonds is 6. The topological polar surface area (TPSA) is 69.2 Å². The van der Waals surface area contributed by atoms with E-state index in [-0.39, 0.29) is 0 Å². The number of hydrogen-bond acceptors (Lipinski definition) is 6. The number of aromatic nitrogens is 3. The smallest absolute Gasteiger partial charge is 0.146 e. The highest BCUT2D eigenvalue weighted by Gasteiger charge is 2.29. The van der Waals surface area contributed by atoms with E-state index in [4.69, 9.17) is 15.5 Å². The van der Waals surface area contributed by atoms with Gasteiger partial charge in [0, 0.05) is 48.4 Å². The molecule has 36 heavy (non-hydrogen) atoms. The van der Waals surface area contributed by atoms with Crippen molar-refractivity contribution in [3.05, 3.63) is 72.7 Å². The molecule has 1 saturated heterocycles. The van der Waals surface area contributed by atoms with E-state index in [2.05, 4.69) is 56.7 Å². The summed E-state index contributed by atoms with van der Waals surface area (Å²) in [6.45, 7) is 3.02. The zero-order valence-corrected chi connectivity index (χ0v) is 21.4. The predicted molar refractivity (Wildman–Crippen MR) is 148 cm³/mol. The van der Waals surface area contributed by atoms with Crippen LogP contribution in [0.3, 0.4) is 0 Å². The molecule has 2 N–H and O–H groups in total. The van der Waals surface area contributed by atoms with Crippen LogP contribution in [0.15, 0.2) is 67.1 Å². The lowest BCUT2D eigenvalue weighted by Gasteiger charge is -2.39. The third-order valence-electron chi connectivity index (χ3n) is 7.65. The highest BCUT2D eigenvalue weighted by molar-refractivity contribution is 7.99. The summed E-state index contributed by atoms with van der Waals surface area (Å²) in [4.78, 5) is 11.8. The van der Waals surface area contributed by atoms with Gasteiger partial charge in [0.25, 0.3) is 0 Å². The lowest BCUT2D eigenvalue weighted by molar-refractivity contribution is 0.151. The van der Waals surface area contributed by atoms with Crippen LogP contribution < -0.4 is 10.5 Å². The quantitative estimate of drug-likeness (QED) is 0.362. The second-order valence-electron chi connectivity index (χ2n) is 9.82. The molecule has 6 nitrogen and oxygen atoms in total. The van der Waals surface area contributed by atoms with Crippen molar-refractivity contribution in [2.75, 3.05) is 30.3 Å². The summed E-state index contributed by atoms with van der Waals surface area (Å²) in [6, 6.07) is 19.7. The van der Waals surface area contributed by atoms with Gasteiger partial charge in [-0.25, -0.2) is 9.97 Å². The molecule has 0 unspecified atom stereocenters. The first kappa shape index (κ1) is 23.4. The maximum atomic E-state index is 6.43. The molecular formula is C29H33N5OS. The molecule has 0 spiro atoms. The van der Waals surface area contributed by atoms with Crippen LogP contribution in [0.25, 0.3) is 22.2 Å². The maximum Gasteiger partial charge on any atom is 0.146 e. The zero-order valence-electron chi connectivity index (χ0n) is 20.6. The Balaban J connectivity index is 1.26. The van der Waals surface area contributed by atoms with E-state index in [1.165, 1.54) is 50.3 Å². The second kappa shape index (κ2) is 10.5. The number of nitrogens with two attached hydrogens (primary N) is 1. The summed E-state index contributed by atoms with van der Waals surface area (Å²) in [6.07, 6.45) is 8.66. The molecule has 2 aromatic heterocycles. The van der Waals surface area contributed by atoms with Crippen molar-refractivity contribution in [1.82, 2.24) is 19.4 Å². The van der Waals surface area contributed by atoms with Gasteiger partial charge in [-0.05, 0) is 48.9 Å². The number of anilines is 1. The normalized spacial score (nSPS) is 21.0. The summed E-state index contributed by atoms with van der Waals surface area (Å²) < 4.78 is 8.48. The Kier molecular flexibility index (Phi) is 6.84. The monoisotopic (exact) mass is 499 g/mol. The Hall–Kier alpha value is -3.03. The summed E-state index contributed by atoms with van der Waals surface area (Å²) in [7, 11) is 0. The fourth-order valence-electron chi connectivity index (χ4n) is 5.74. The predicted octanol–water partition coefficient (Wildman–Crippen LogP) is 5.79. The molecule has 2 fully saturated rings. The van der Waals surface area contributed by atoms with Crippen LogP contribution >= 0.6 is 11.8 Å². The molecular weight excluding hydrogens is 466 g/mol. The van der Waals surface area contributed by atoms with Crippen LogP contribution in [0.1, 0.15) is 37.3 Å². The average Bonchev–Trinajstić information content (AvgIpc) is 3.34. The number of hydrogen-bond donors (Lipinski definition) is 1. The van der Waals surface area contributed by atoms with E-state index >= 15 is 0 Å². The Morgan fingerprint density at radius 3 is 2.50 bits per heavy atom. The first-order valence-electron chi connectivity index (χ1n) is 13.0. The number of thioether (sulfide) groups is 1. The number of benzene rings is 2. The second-order valence-corrected chi connectivity index (χ2v) is 11.0. The van der Waals surface area contributed by atoms with Crippen molar-refractivity contribution >= 4 is 28.6 Å². The first-order chi connectivity index (χ1) is 17.8. The Morgan fingerprint density at radius 1 is 0.917 bits per heavy atom. The minimum absolute atomic E-state index is 0.434. The number of nitrogens with zero attached hydrogens (tertiary/aromatic N) is 4. The van der Waals surface area contributed by atoms with Gasteiger partial charge in [-0.2, -0.15) is 11.8 Å². The molecule has 0 atom stereocenters. The summed E-state index contributed by atoms with van der Waals surface area (Å²) >= 11 is 2.09. The van der Waals surface area contributed by atoms with Crippen LogP contribution in [0.2, 0.25) is 0 Å². The van der Waals surface area contributed by atoms with Crippen LogP contribution in [-0.2, 0) is 6.61 Å². The van der Waals surface area contributed by atoms with Gasteiger partial charge in [0.2, 0.25) is 0 Å². The molecule has 0 bridgehead atoms. The third-order valence-corrected chi connectivity index (χ3v) is 8.60. The number of ether oxygens (including phenoxy) is 1. The van der Waals surface area contributed by atoms with Crippen molar-refractivity contribution in [3.8, 4) is 16.9 Å². The molecule has 7 heteroatoms. The van der Waals surface area contributed by atoms with Crippen LogP contribution in [0.4, 0.5) is 5.82 Å². The van der Waals surface area contributed by atoms with Crippen molar-refractivity contribution in [1.29, 1.82) is 0 Å². The number of nitrogen functional groups attached to an aromatic ring is 1. The Bertz CT molecular complexity index is 1310. The summed E-state index contributed by atoms with van der Waals surface area (Å²) in [5, 5.41) is 0.938. The van der Waals surface area contributed by atoms with Gasteiger partial charge < -0.3 is 15.0 Å². The lowest BCUT2D eigenvalue weighted by atomic mass is 9.90.